The second-order valence-corrected chi connectivity index (χ2v) is 9.13. The third kappa shape index (κ3) is 5.18. The fourth-order valence-electron chi connectivity index (χ4n) is 4.39. The van der Waals surface area contributed by atoms with Gasteiger partial charge in [0, 0.05) is 12.0 Å². The van der Waals surface area contributed by atoms with Crippen LogP contribution in [-0.2, 0) is 14.3 Å². The van der Waals surface area contributed by atoms with E-state index in [0.717, 1.165) is 35.1 Å². The number of rotatable bonds is 9. The molecule has 2 aliphatic rings. The highest BCUT2D eigenvalue weighted by Gasteiger charge is 2.33. The maximum atomic E-state index is 12.6. The molecule has 2 aromatic carbocycles. The quantitative estimate of drug-likeness (QED) is 0.537. The number of carbonyl (C=O) groups is 3. The zero-order valence-corrected chi connectivity index (χ0v) is 18.9. The van der Waals surface area contributed by atoms with Crippen LogP contribution in [0.1, 0.15) is 50.2 Å². The predicted octanol–water partition coefficient (Wildman–Crippen LogP) is 3.92. The third-order valence-electron chi connectivity index (χ3n) is 6.73. The molecule has 4 rings (SSSR count). The second kappa shape index (κ2) is 9.65. The van der Waals surface area contributed by atoms with E-state index >= 15 is 0 Å². The van der Waals surface area contributed by atoms with Gasteiger partial charge in [0.15, 0.2) is 0 Å². The molecule has 174 valence electrons. The summed E-state index contributed by atoms with van der Waals surface area (Å²) in [6, 6.07) is 14.8. The maximum absolute atomic E-state index is 12.6. The van der Waals surface area contributed by atoms with Crippen LogP contribution in [0.25, 0.3) is 11.1 Å². The standard InChI is InChI=1S/C26H30N2O5/c1-15(24(29)28-23(25(30)31)13-17-11-12-17)16(2)27-26(32)33-14-22-20-9-5-3-7-18(20)19-8-4-6-10-21(19)22/h3-10,15-17,22-23H,11-14H2,1-2H3,(H,27,32)(H,28,29)(H,30,31)/t15?,16?,23-/m0/s1. The van der Waals surface area contributed by atoms with Gasteiger partial charge in [0.2, 0.25) is 5.91 Å². The molecule has 1 saturated carbocycles. The topological polar surface area (TPSA) is 105 Å². The number of benzene rings is 2. The molecule has 0 aromatic heterocycles. The summed E-state index contributed by atoms with van der Waals surface area (Å²) < 4.78 is 5.54. The Bertz CT molecular complexity index is 1000. The Morgan fingerprint density at radius 2 is 1.55 bits per heavy atom. The summed E-state index contributed by atoms with van der Waals surface area (Å²) in [6.45, 7) is 3.57. The van der Waals surface area contributed by atoms with Gasteiger partial charge >= 0.3 is 12.1 Å². The molecule has 0 aliphatic heterocycles. The highest BCUT2D eigenvalue weighted by atomic mass is 16.5. The van der Waals surface area contributed by atoms with Crippen molar-refractivity contribution in [1.29, 1.82) is 0 Å². The molecule has 7 heteroatoms. The number of nitrogens with one attached hydrogen (secondary N) is 2. The van der Waals surface area contributed by atoms with Crippen LogP contribution in [0.2, 0.25) is 0 Å². The predicted molar refractivity (Wildman–Crippen MR) is 124 cm³/mol. The molecular formula is C26H30N2O5. The van der Waals surface area contributed by atoms with Crippen molar-refractivity contribution in [3.05, 3.63) is 59.7 Å². The number of hydrogen-bond donors (Lipinski definition) is 3. The van der Waals surface area contributed by atoms with Crippen LogP contribution < -0.4 is 10.6 Å². The van der Waals surface area contributed by atoms with E-state index < -0.39 is 36.0 Å². The number of hydrogen-bond acceptors (Lipinski definition) is 4. The Labute approximate surface area is 193 Å². The molecule has 0 spiro atoms. The Hall–Kier alpha value is -3.35. The first-order valence-corrected chi connectivity index (χ1v) is 11.5. The minimum Gasteiger partial charge on any atom is -0.480 e. The molecule has 2 aromatic rings. The van der Waals surface area contributed by atoms with Gasteiger partial charge in [-0.15, -0.1) is 0 Å². The summed E-state index contributed by atoms with van der Waals surface area (Å²) in [6.07, 6.45) is 1.86. The van der Waals surface area contributed by atoms with Gasteiger partial charge in [-0.3, -0.25) is 4.79 Å². The van der Waals surface area contributed by atoms with Gasteiger partial charge in [-0.1, -0.05) is 68.3 Å². The number of amides is 2. The van der Waals surface area contributed by atoms with E-state index in [4.69, 9.17) is 4.74 Å². The monoisotopic (exact) mass is 450 g/mol. The summed E-state index contributed by atoms with van der Waals surface area (Å²) in [7, 11) is 0. The first-order chi connectivity index (χ1) is 15.8. The van der Waals surface area contributed by atoms with Gasteiger partial charge in [-0.2, -0.15) is 0 Å². The Balaban J connectivity index is 1.31. The Morgan fingerprint density at radius 3 is 2.09 bits per heavy atom. The number of fused-ring (bicyclic) bond motifs is 3. The van der Waals surface area contributed by atoms with E-state index in [-0.39, 0.29) is 12.5 Å². The minimum absolute atomic E-state index is 0.0436. The molecule has 2 amide bonds. The van der Waals surface area contributed by atoms with Crippen molar-refractivity contribution >= 4 is 18.0 Å². The molecule has 1 fully saturated rings. The van der Waals surface area contributed by atoms with Gasteiger partial charge in [0.25, 0.3) is 0 Å². The molecular weight excluding hydrogens is 420 g/mol. The summed E-state index contributed by atoms with van der Waals surface area (Å²) in [4.78, 5) is 36.5. The summed E-state index contributed by atoms with van der Waals surface area (Å²) in [5.41, 5.74) is 4.56. The number of carboxylic acids is 1. The van der Waals surface area contributed by atoms with Crippen LogP contribution in [0, 0.1) is 11.8 Å². The zero-order valence-electron chi connectivity index (χ0n) is 18.9. The van der Waals surface area contributed by atoms with E-state index in [1.165, 1.54) is 0 Å². The number of aliphatic carboxylic acids is 1. The lowest BCUT2D eigenvalue weighted by atomic mass is 9.98. The second-order valence-electron chi connectivity index (χ2n) is 9.13. The van der Waals surface area contributed by atoms with Gasteiger partial charge < -0.3 is 20.5 Å². The lowest BCUT2D eigenvalue weighted by Gasteiger charge is -2.23. The molecule has 3 N–H and O–H groups in total. The van der Waals surface area contributed by atoms with E-state index in [9.17, 15) is 19.5 Å². The fourth-order valence-corrected chi connectivity index (χ4v) is 4.39. The lowest BCUT2D eigenvalue weighted by molar-refractivity contribution is -0.142. The SMILES string of the molecule is CC(NC(=O)OCC1c2ccccc2-c2ccccc21)C(C)C(=O)N[C@@H](CC1CC1)C(=O)O. The fraction of sp³-hybridized carbons (Fsp3) is 0.423. The molecule has 0 bridgehead atoms. The van der Waals surface area contributed by atoms with Crippen molar-refractivity contribution in [2.45, 2.75) is 51.1 Å². The molecule has 0 heterocycles. The first kappa shape index (κ1) is 22.8. The molecule has 3 atom stereocenters. The molecule has 2 unspecified atom stereocenters. The van der Waals surface area contributed by atoms with E-state index in [1.807, 2.05) is 24.3 Å². The minimum atomic E-state index is -1.03. The van der Waals surface area contributed by atoms with E-state index in [0.29, 0.717) is 12.3 Å². The van der Waals surface area contributed by atoms with Crippen LogP contribution in [0.5, 0.6) is 0 Å². The maximum Gasteiger partial charge on any atom is 0.407 e. The molecule has 2 aliphatic carbocycles. The number of carbonyl (C=O) groups excluding carboxylic acids is 2. The molecule has 7 nitrogen and oxygen atoms in total. The third-order valence-corrected chi connectivity index (χ3v) is 6.73. The summed E-state index contributed by atoms with van der Waals surface area (Å²) >= 11 is 0. The normalized spacial score (nSPS) is 17.3. The van der Waals surface area contributed by atoms with Crippen LogP contribution in [0.3, 0.4) is 0 Å². The van der Waals surface area contributed by atoms with Crippen molar-refractivity contribution in [1.82, 2.24) is 10.6 Å². The smallest absolute Gasteiger partial charge is 0.407 e. The summed E-state index contributed by atoms with van der Waals surface area (Å²) in [5, 5.41) is 14.7. The van der Waals surface area contributed by atoms with Crippen LogP contribution >= 0.6 is 0 Å². The first-order valence-electron chi connectivity index (χ1n) is 11.5. The van der Waals surface area contributed by atoms with Crippen molar-refractivity contribution < 1.29 is 24.2 Å². The van der Waals surface area contributed by atoms with Crippen LogP contribution in [0.4, 0.5) is 4.79 Å². The lowest BCUT2D eigenvalue weighted by Crippen LogP contribution is -2.49. The molecule has 0 saturated heterocycles. The Kier molecular flexibility index (Phi) is 6.67. The number of carboxylic acid groups (broad SMARTS) is 1. The highest BCUT2D eigenvalue weighted by Crippen LogP contribution is 2.44. The van der Waals surface area contributed by atoms with Crippen molar-refractivity contribution in [3.8, 4) is 11.1 Å². The van der Waals surface area contributed by atoms with Crippen LogP contribution in [-0.4, -0.2) is 41.8 Å². The zero-order chi connectivity index (χ0) is 23.5. The van der Waals surface area contributed by atoms with E-state index in [1.54, 1.807) is 13.8 Å². The summed E-state index contributed by atoms with van der Waals surface area (Å²) in [5.74, 6) is -1.70. The number of ether oxygens (including phenoxy) is 1. The van der Waals surface area contributed by atoms with Gasteiger partial charge in [0.05, 0.1) is 5.92 Å². The largest absolute Gasteiger partial charge is 0.480 e. The average molecular weight is 451 g/mol. The van der Waals surface area contributed by atoms with Crippen molar-refractivity contribution in [3.63, 3.8) is 0 Å². The van der Waals surface area contributed by atoms with Crippen molar-refractivity contribution in [2.24, 2.45) is 11.8 Å². The highest BCUT2D eigenvalue weighted by molar-refractivity contribution is 5.85. The van der Waals surface area contributed by atoms with Gasteiger partial charge in [-0.25, -0.2) is 9.59 Å². The average Bonchev–Trinajstić information content (AvgIpc) is 3.57. The van der Waals surface area contributed by atoms with Crippen LogP contribution in [0.15, 0.2) is 48.5 Å². The van der Waals surface area contributed by atoms with Gasteiger partial charge in [0.1, 0.15) is 12.6 Å². The Morgan fingerprint density at radius 1 is 0.970 bits per heavy atom. The number of alkyl carbamates (subject to hydrolysis) is 1. The van der Waals surface area contributed by atoms with Crippen molar-refractivity contribution in [2.75, 3.05) is 6.61 Å². The molecule has 0 radical (unpaired) electrons. The van der Waals surface area contributed by atoms with E-state index in [2.05, 4.69) is 34.9 Å². The molecule has 33 heavy (non-hydrogen) atoms. The van der Waals surface area contributed by atoms with Gasteiger partial charge in [-0.05, 0) is 41.5 Å².